The lowest BCUT2D eigenvalue weighted by Gasteiger charge is -2.38. The third-order valence-corrected chi connectivity index (χ3v) is 4.54. The molecule has 0 bridgehead atoms. The van der Waals surface area contributed by atoms with Crippen LogP contribution in [0.2, 0.25) is 0 Å². The van der Waals surface area contributed by atoms with Crippen LogP contribution in [0.5, 0.6) is 0 Å². The van der Waals surface area contributed by atoms with E-state index in [1.165, 1.54) is 19.4 Å². The smallest absolute Gasteiger partial charge is 0.251 e. The zero-order valence-corrected chi connectivity index (χ0v) is 10.9. The van der Waals surface area contributed by atoms with Gasteiger partial charge in [0.2, 0.25) is 0 Å². The molecule has 5 heteroatoms. The molecule has 2 N–H and O–H groups in total. The maximum absolute atomic E-state index is 12.4. The fraction of sp³-hybridized carbons (Fsp3) is 0.923. The second-order valence-electron chi connectivity index (χ2n) is 5.68. The lowest BCUT2D eigenvalue weighted by Crippen LogP contribution is -2.54. The highest BCUT2D eigenvalue weighted by atomic mass is 16.5. The van der Waals surface area contributed by atoms with E-state index < -0.39 is 0 Å². The molecule has 3 saturated heterocycles. The van der Waals surface area contributed by atoms with Crippen LogP contribution >= 0.6 is 0 Å². The predicted octanol–water partition coefficient (Wildman–Crippen LogP) is -0.201. The molecule has 0 aromatic heterocycles. The minimum atomic E-state index is -0.230. The molecule has 18 heavy (non-hydrogen) atoms. The molecular weight excluding hydrogens is 230 g/mol. The Kier molecular flexibility index (Phi) is 3.54. The van der Waals surface area contributed by atoms with Crippen LogP contribution in [0.4, 0.5) is 0 Å². The van der Waals surface area contributed by atoms with Gasteiger partial charge in [0.05, 0.1) is 6.10 Å². The maximum atomic E-state index is 12.4. The number of ether oxygens (including phenoxy) is 1. The van der Waals surface area contributed by atoms with Crippen molar-refractivity contribution in [2.75, 3.05) is 32.7 Å². The summed E-state index contributed by atoms with van der Waals surface area (Å²) in [7, 11) is 0. The Labute approximate surface area is 108 Å². The van der Waals surface area contributed by atoms with Crippen molar-refractivity contribution in [3.05, 3.63) is 0 Å². The molecular formula is C13H23N3O2. The van der Waals surface area contributed by atoms with Crippen molar-refractivity contribution in [1.29, 1.82) is 0 Å². The third kappa shape index (κ3) is 2.27. The average Bonchev–Trinajstić information content (AvgIpc) is 3.05. The number of rotatable bonds is 2. The summed E-state index contributed by atoms with van der Waals surface area (Å²) < 4.78 is 5.71. The average molecular weight is 253 g/mol. The third-order valence-electron chi connectivity index (χ3n) is 4.54. The van der Waals surface area contributed by atoms with Crippen LogP contribution < -0.4 is 5.73 Å². The molecule has 1 amide bonds. The molecule has 3 rings (SSSR count). The van der Waals surface area contributed by atoms with Gasteiger partial charge in [0.15, 0.2) is 0 Å². The second-order valence-corrected chi connectivity index (χ2v) is 5.68. The first-order valence-corrected chi connectivity index (χ1v) is 7.16. The highest BCUT2D eigenvalue weighted by Gasteiger charge is 2.37. The van der Waals surface area contributed by atoms with Gasteiger partial charge in [-0.25, -0.2) is 0 Å². The Morgan fingerprint density at radius 1 is 1.22 bits per heavy atom. The molecule has 3 unspecified atom stereocenters. The van der Waals surface area contributed by atoms with Crippen LogP contribution in [0, 0.1) is 0 Å². The van der Waals surface area contributed by atoms with Gasteiger partial charge in [-0.05, 0) is 32.2 Å². The van der Waals surface area contributed by atoms with Gasteiger partial charge in [-0.3, -0.25) is 9.69 Å². The predicted molar refractivity (Wildman–Crippen MR) is 68.1 cm³/mol. The monoisotopic (exact) mass is 253 g/mol. The molecule has 0 radical (unpaired) electrons. The number of nitrogens with two attached hydrogens (primary N) is 1. The number of fused-ring (bicyclic) bond motifs is 1. The van der Waals surface area contributed by atoms with Crippen LogP contribution in [0.25, 0.3) is 0 Å². The molecule has 3 aliphatic rings. The summed E-state index contributed by atoms with van der Waals surface area (Å²) >= 11 is 0. The number of hydrogen-bond donors (Lipinski definition) is 1. The zero-order chi connectivity index (χ0) is 12.5. The van der Waals surface area contributed by atoms with Crippen molar-refractivity contribution in [1.82, 2.24) is 9.80 Å². The number of hydrogen-bond acceptors (Lipinski definition) is 4. The van der Waals surface area contributed by atoms with E-state index in [9.17, 15) is 4.79 Å². The zero-order valence-electron chi connectivity index (χ0n) is 10.9. The Balaban J connectivity index is 1.56. The van der Waals surface area contributed by atoms with Crippen LogP contribution in [0.15, 0.2) is 0 Å². The van der Waals surface area contributed by atoms with Crippen molar-refractivity contribution in [3.8, 4) is 0 Å². The topological polar surface area (TPSA) is 58.8 Å². The first-order valence-electron chi connectivity index (χ1n) is 7.16. The van der Waals surface area contributed by atoms with E-state index in [4.69, 9.17) is 10.5 Å². The Bertz CT molecular complexity index is 323. The van der Waals surface area contributed by atoms with Gasteiger partial charge in [-0.15, -0.1) is 0 Å². The minimum absolute atomic E-state index is 0.0896. The molecule has 0 spiro atoms. The molecule has 3 aliphatic heterocycles. The van der Waals surface area contributed by atoms with Crippen LogP contribution in [0.1, 0.15) is 25.7 Å². The first-order chi connectivity index (χ1) is 8.78. The van der Waals surface area contributed by atoms with E-state index in [-0.39, 0.29) is 18.1 Å². The lowest BCUT2D eigenvalue weighted by molar-refractivity contribution is -0.145. The van der Waals surface area contributed by atoms with E-state index in [1.54, 1.807) is 0 Å². The number of carbonyl (C=O) groups excluding carboxylic acids is 1. The normalized spacial score (nSPS) is 36.9. The highest BCUT2D eigenvalue weighted by Crippen LogP contribution is 2.25. The van der Waals surface area contributed by atoms with E-state index in [2.05, 4.69) is 4.90 Å². The summed E-state index contributed by atoms with van der Waals surface area (Å²) in [5, 5.41) is 0. The fourth-order valence-corrected chi connectivity index (χ4v) is 3.46. The number of piperazine rings is 1. The quantitative estimate of drug-likeness (QED) is 0.740. The molecule has 3 atom stereocenters. The van der Waals surface area contributed by atoms with Crippen molar-refractivity contribution >= 4 is 5.91 Å². The summed E-state index contributed by atoms with van der Waals surface area (Å²) in [5.41, 5.74) is 5.59. The second kappa shape index (κ2) is 5.15. The van der Waals surface area contributed by atoms with Crippen LogP contribution in [-0.2, 0) is 9.53 Å². The van der Waals surface area contributed by atoms with Gasteiger partial charge >= 0.3 is 0 Å². The lowest BCUT2D eigenvalue weighted by atomic mass is 10.1. The van der Waals surface area contributed by atoms with E-state index in [0.717, 1.165) is 32.5 Å². The van der Waals surface area contributed by atoms with Gasteiger partial charge in [0.25, 0.3) is 5.91 Å². The van der Waals surface area contributed by atoms with Crippen molar-refractivity contribution < 1.29 is 9.53 Å². The molecule has 3 heterocycles. The molecule has 0 aromatic rings. The summed E-state index contributed by atoms with van der Waals surface area (Å²) in [5.74, 6) is 0.192. The molecule has 5 nitrogen and oxygen atoms in total. The van der Waals surface area contributed by atoms with Crippen molar-refractivity contribution in [3.63, 3.8) is 0 Å². The molecule has 0 aliphatic carbocycles. The largest absolute Gasteiger partial charge is 0.364 e. The van der Waals surface area contributed by atoms with Gasteiger partial charge in [0, 0.05) is 32.2 Å². The van der Waals surface area contributed by atoms with Crippen LogP contribution in [-0.4, -0.2) is 66.7 Å². The van der Waals surface area contributed by atoms with Gasteiger partial charge in [-0.2, -0.15) is 0 Å². The standard InChI is InChI=1S/C13H23N3O2/c14-8-11-3-4-12(18-11)13(17)16-7-6-15-5-1-2-10(15)9-16/h10-12H,1-9,14H2. The summed E-state index contributed by atoms with van der Waals surface area (Å²) in [6.07, 6.45) is 4.14. The Morgan fingerprint density at radius 2 is 2.11 bits per heavy atom. The number of nitrogens with zero attached hydrogens (tertiary/aromatic N) is 2. The van der Waals surface area contributed by atoms with Gasteiger partial charge in [-0.1, -0.05) is 0 Å². The fourth-order valence-electron chi connectivity index (χ4n) is 3.46. The van der Waals surface area contributed by atoms with E-state index in [1.807, 2.05) is 4.90 Å². The van der Waals surface area contributed by atoms with Crippen molar-refractivity contribution in [2.24, 2.45) is 5.73 Å². The Morgan fingerprint density at radius 3 is 2.89 bits per heavy atom. The molecule has 3 fully saturated rings. The number of amides is 1. The number of carbonyl (C=O) groups is 1. The van der Waals surface area contributed by atoms with Crippen LogP contribution in [0.3, 0.4) is 0 Å². The Hall–Kier alpha value is -0.650. The summed E-state index contributed by atoms with van der Waals surface area (Å²) in [6.45, 7) is 4.53. The SMILES string of the molecule is NCC1CCC(C(=O)N2CCN3CCCC3C2)O1. The molecule has 0 aromatic carbocycles. The molecule has 102 valence electrons. The van der Waals surface area contributed by atoms with Gasteiger partial charge in [0.1, 0.15) is 6.10 Å². The first kappa shape index (κ1) is 12.4. The maximum Gasteiger partial charge on any atom is 0.251 e. The minimum Gasteiger partial charge on any atom is -0.364 e. The summed E-state index contributed by atoms with van der Waals surface area (Å²) in [4.78, 5) is 16.9. The van der Waals surface area contributed by atoms with E-state index >= 15 is 0 Å². The highest BCUT2D eigenvalue weighted by molar-refractivity contribution is 5.81. The summed E-state index contributed by atoms with van der Waals surface area (Å²) in [6, 6.07) is 0.592. The molecule has 0 saturated carbocycles. The van der Waals surface area contributed by atoms with E-state index in [0.29, 0.717) is 12.6 Å². The van der Waals surface area contributed by atoms with Gasteiger partial charge < -0.3 is 15.4 Å². The van der Waals surface area contributed by atoms with Crippen molar-refractivity contribution in [2.45, 2.75) is 43.9 Å².